The minimum absolute atomic E-state index is 0.705. The first kappa shape index (κ1) is 9.59. The van der Waals surface area contributed by atoms with E-state index in [1.165, 1.54) is 6.39 Å². The third kappa shape index (κ3) is 1.53. The van der Waals surface area contributed by atoms with Crippen LogP contribution in [-0.2, 0) is 6.54 Å². The van der Waals surface area contributed by atoms with Crippen LogP contribution in [0.1, 0.15) is 5.69 Å². The predicted octanol–water partition coefficient (Wildman–Crippen LogP) is 2.84. The molecule has 4 nitrogen and oxygen atoms in total. The van der Waals surface area contributed by atoms with Gasteiger partial charge < -0.3 is 8.98 Å². The summed E-state index contributed by atoms with van der Waals surface area (Å²) in [7, 11) is 0. The highest BCUT2D eigenvalue weighted by atomic mass is 79.9. The minimum Gasteiger partial charge on any atom is -0.451 e. The molecule has 3 aromatic rings. The number of hydrogen-bond acceptors (Lipinski definition) is 3. The van der Waals surface area contributed by atoms with Gasteiger partial charge in [0.1, 0.15) is 10.9 Å². The lowest BCUT2D eigenvalue weighted by atomic mass is 10.3. The van der Waals surface area contributed by atoms with Crippen molar-refractivity contribution in [1.82, 2.24) is 14.5 Å². The standard InChI is InChI=1S/C11H8BrN3O/c12-11-9-2-4-15(10(9)1-3-13-11)5-8-6-16-7-14-8/h1-4,6-7H,5H2. The van der Waals surface area contributed by atoms with Crippen molar-refractivity contribution in [2.24, 2.45) is 0 Å². The molecule has 5 heteroatoms. The van der Waals surface area contributed by atoms with Gasteiger partial charge in [-0.25, -0.2) is 9.97 Å². The van der Waals surface area contributed by atoms with Gasteiger partial charge in [0.2, 0.25) is 0 Å². The van der Waals surface area contributed by atoms with Crippen LogP contribution in [0.4, 0.5) is 0 Å². The maximum absolute atomic E-state index is 4.95. The summed E-state index contributed by atoms with van der Waals surface area (Å²) in [6.45, 7) is 0.705. The summed E-state index contributed by atoms with van der Waals surface area (Å²) in [6, 6.07) is 4.02. The van der Waals surface area contributed by atoms with Crippen molar-refractivity contribution >= 4 is 26.8 Å². The van der Waals surface area contributed by atoms with Gasteiger partial charge >= 0.3 is 0 Å². The van der Waals surface area contributed by atoms with Crippen molar-refractivity contribution in [2.45, 2.75) is 6.54 Å². The van der Waals surface area contributed by atoms with E-state index in [9.17, 15) is 0 Å². The zero-order chi connectivity index (χ0) is 11.0. The van der Waals surface area contributed by atoms with E-state index >= 15 is 0 Å². The topological polar surface area (TPSA) is 43.9 Å². The van der Waals surface area contributed by atoms with E-state index in [1.54, 1.807) is 12.5 Å². The molecule has 0 aromatic carbocycles. The Bertz CT molecular complexity index is 615. The van der Waals surface area contributed by atoms with Gasteiger partial charge in [-0.15, -0.1) is 0 Å². The number of fused-ring (bicyclic) bond motifs is 1. The fourth-order valence-corrected chi connectivity index (χ4v) is 2.17. The highest BCUT2D eigenvalue weighted by Gasteiger charge is 2.05. The maximum Gasteiger partial charge on any atom is 0.180 e. The SMILES string of the molecule is Brc1nccc2c1ccn2Cc1cocn1. The predicted molar refractivity (Wildman–Crippen MR) is 63.0 cm³/mol. The van der Waals surface area contributed by atoms with Crippen molar-refractivity contribution < 1.29 is 4.42 Å². The number of rotatable bonds is 2. The number of oxazole rings is 1. The molecular formula is C11H8BrN3O. The molecule has 0 aliphatic rings. The van der Waals surface area contributed by atoms with E-state index in [0.29, 0.717) is 6.54 Å². The summed E-state index contributed by atoms with van der Waals surface area (Å²) in [4.78, 5) is 8.29. The van der Waals surface area contributed by atoms with Crippen LogP contribution in [-0.4, -0.2) is 14.5 Å². The Morgan fingerprint density at radius 3 is 3.06 bits per heavy atom. The van der Waals surface area contributed by atoms with Gasteiger partial charge in [-0.05, 0) is 28.1 Å². The minimum atomic E-state index is 0.705. The zero-order valence-electron chi connectivity index (χ0n) is 8.30. The van der Waals surface area contributed by atoms with Crippen LogP contribution in [0.3, 0.4) is 0 Å². The number of hydrogen-bond donors (Lipinski definition) is 0. The van der Waals surface area contributed by atoms with Crippen LogP contribution in [0.25, 0.3) is 10.9 Å². The van der Waals surface area contributed by atoms with E-state index in [-0.39, 0.29) is 0 Å². The lowest BCUT2D eigenvalue weighted by Gasteiger charge is -2.02. The summed E-state index contributed by atoms with van der Waals surface area (Å²) in [6.07, 6.45) is 6.90. The van der Waals surface area contributed by atoms with E-state index in [0.717, 1.165) is 21.2 Å². The number of pyridine rings is 1. The van der Waals surface area contributed by atoms with Crippen LogP contribution in [0.15, 0.2) is 46.2 Å². The van der Waals surface area contributed by atoms with Gasteiger partial charge in [-0.3, -0.25) is 0 Å². The Labute approximate surface area is 100 Å². The summed E-state index contributed by atoms with van der Waals surface area (Å²) < 4.78 is 7.93. The van der Waals surface area contributed by atoms with Crippen molar-refractivity contribution in [3.63, 3.8) is 0 Å². The van der Waals surface area contributed by atoms with E-state index in [4.69, 9.17) is 4.42 Å². The largest absolute Gasteiger partial charge is 0.451 e. The second-order valence-corrected chi connectivity index (χ2v) is 4.21. The number of aromatic nitrogens is 3. The molecule has 0 aliphatic carbocycles. The molecule has 16 heavy (non-hydrogen) atoms. The van der Waals surface area contributed by atoms with Crippen molar-refractivity contribution in [1.29, 1.82) is 0 Å². The molecule has 0 atom stereocenters. The molecule has 0 saturated carbocycles. The summed E-state index contributed by atoms with van der Waals surface area (Å²) in [5.41, 5.74) is 2.04. The Kier molecular flexibility index (Phi) is 2.25. The third-order valence-electron chi connectivity index (χ3n) is 2.46. The normalized spacial score (nSPS) is 11.1. The smallest absolute Gasteiger partial charge is 0.180 e. The van der Waals surface area contributed by atoms with Crippen LogP contribution >= 0.6 is 15.9 Å². The van der Waals surface area contributed by atoms with Crippen LogP contribution in [0, 0.1) is 0 Å². The molecule has 0 radical (unpaired) electrons. The highest BCUT2D eigenvalue weighted by molar-refractivity contribution is 9.10. The first-order valence-corrected chi connectivity index (χ1v) is 5.60. The van der Waals surface area contributed by atoms with Gasteiger partial charge in [-0.1, -0.05) is 0 Å². The molecule has 3 aromatic heterocycles. The molecule has 0 fully saturated rings. The molecule has 0 spiro atoms. The average Bonchev–Trinajstić information content (AvgIpc) is 2.90. The summed E-state index contributed by atoms with van der Waals surface area (Å²) in [5, 5.41) is 1.10. The molecule has 3 heterocycles. The van der Waals surface area contributed by atoms with Gasteiger partial charge in [0.15, 0.2) is 6.39 Å². The Hall–Kier alpha value is -1.62. The van der Waals surface area contributed by atoms with Crippen molar-refractivity contribution in [3.8, 4) is 0 Å². The van der Waals surface area contributed by atoms with Gasteiger partial charge in [0, 0.05) is 17.8 Å². The first-order chi connectivity index (χ1) is 7.84. The quantitative estimate of drug-likeness (QED) is 0.677. The lowest BCUT2D eigenvalue weighted by Crippen LogP contribution is -1.97. The second-order valence-electron chi connectivity index (χ2n) is 3.46. The molecule has 0 N–H and O–H groups in total. The number of halogens is 1. The fourth-order valence-electron chi connectivity index (χ4n) is 1.72. The van der Waals surface area contributed by atoms with Crippen LogP contribution in [0.5, 0.6) is 0 Å². The molecule has 0 aliphatic heterocycles. The molecular weight excluding hydrogens is 270 g/mol. The van der Waals surface area contributed by atoms with E-state index < -0.39 is 0 Å². The van der Waals surface area contributed by atoms with Crippen LogP contribution < -0.4 is 0 Å². The monoisotopic (exact) mass is 277 g/mol. The van der Waals surface area contributed by atoms with Crippen molar-refractivity contribution in [3.05, 3.63) is 47.5 Å². The molecule has 0 bridgehead atoms. The Morgan fingerprint density at radius 2 is 2.25 bits per heavy atom. The molecule has 3 rings (SSSR count). The van der Waals surface area contributed by atoms with Crippen molar-refractivity contribution in [2.75, 3.05) is 0 Å². The third-order valence-corrected chi connectivity index (χ3v) is 3.10. The molecule has 80 valence electrons. The van der Waals surface area contributed by atoms with Gasteiger partial charge in [0.25, 0.3) is 0 Å². The number of nitrogens with zero attached hydrogens (tertiary/aromatic N) is 3. The average molecular weight is 278 g/mol. The molecule has 0 amide bonds. The fraction of sp³-hybridized carbons (Fsp3) is 0.0909. The first-order valence-electron chi connectivity index (χ1n) is 4.81. The zero-order valence-corrected chi connectivity index (χ0v) is 9.89. The highest BCUT2D eigenvalue weighted by Crippen LogP contribution is 2.22. The van der Waals surface area contributed by atoms with Crippen LogP contribution in [0.2, 0.25) is 0 Å². The Balaban J connectivity index is 2.08. The second kappa shape index (κ2) is 3.75. The van der Waals surface area contributed by atoms with Gasteiger partial charge in [0.05, 0.1) is 17.8 Å². The summed E-state index contributed by atoms with van der Waals surface area (Å²) in [5.74, 6) is 0. The Morgan fingerprint density at radius 1 is 1.31 bits per heavy atom. The maximum atomic E-state index is 4.95. The van der Waals surface area contributed by atoms with Gasteiger partial charge in [-0.2, -0.15) is 0 Å². The lowest BCUT2D eigenvalue weighted by molar-refractivity contribution is 0.555. The van der Waals surface area contributed by atoms with E-state index in [2.05, 4.69) is 30.5 Å². The summed E-state index contributed by atoms with van der Waals surface area (Å²) >= 11 is 3.43. The molecule has 0 unspecified atom stereocenters. The van der Waals surface area contributed by atoms with E-state index in [1.807, 2.05) is 18.3 Å². The molecule has 0 saturated heterocycles.